The van der Waals surface area contributed by atoms with Crippen LogP contribution in [0.25, 0.3) is 0 Å². The van der Waals surface area contributed by atoms with Crippen molar-refractivity contribution in [1.82, 2.24) is 0 Å². The first-order valence-corrected chi connectivity index (χ1v) is 5.08. The van der Waals surface area contributed by atoms with Crippen molar-refractivity contribution in [3.05, 3.63) is 24.3 Å². The van der Waals surface area contributed by atoms with Crippen LogP contribution in [0.1, 0.15) is 13.3 Å². The first kappa shape index (κ1) is 15.4. The van der Waals surface area contributed by atoms with Gasteiger partial charge in [0.05, 0.1) is 14.2 Å². The topological polar surface area (TPSA) is 61.8 Å². The summed E-state index contributed by atoms with van der Waals surface area (Å²) in [6.45, 7) is 1.86. The molecule has 96 valence electrons. The van der Waals surface area contributed by atoms with Gasteiger partial charge in [0.15, 0.2) is 0 Å². The second-order valence-electron chi connectivity index (χ2n) is 3.17. The van der Waals surface area contributed by atoms with Gasteiger partial charge in [-0.25, -0.2) is 9.59 Å². The third-order valence-electron chi connectivity index (χ3n) is 2.22. The Balaban J connectivity index is 5.06. The standard InChI is InChI=1S/C12H18O5/c1-5-6-7-8-9-12(17-4,10(13)15-2)11(14)16-3/h5-8H,9H2,1-4H3/b6-5+,8-7-. The van der Waals surface area contributed by atoms with Gasteiger partial charge in [0.25, 0.3) is 5.60 Å². The van der Waals surface area contributed by atoms with Crippen LogP contribution in [0.4, 0.5) is 0 Å². The Labute approximate surface area is 101 Å². The number of allylic oxidation sites excluding steroid dienone is 3. The van der Waals surface area contributed by atoms with Gasteiger partial charge in [-0.05, 0) is 6.92 Å². The van der Waals surface area contributed by atoms with Gasteiger partial charge in [-0.3, -0.25) is 0 Å². The first-order valence-electron chi connectivity index (χ1n) is 5.08. The Morgan fingerprint density at radius 2 is 1.59 bits per heavy atom. The summed E-state index contributed by atoms with van der Waals surface area (Å²) < 4.78 is 14.1. The van der Waals surface area contributed by atoms with Crippen LogP contribution in [-0.4, -0.2) is 38.9 Å². The van der Waals surface area contributed by atoms with Crippen molar-refractivity contribution >= 4 is 11.9 Å². The molecule has 0 aliphatic carbocycles. The molecule has 0 rings (SSSR count). The molecule has 0 aromatic rings. The second-order valence-corrected chi connectivity index (χ2v) is 3.17. The van der Waals surface area contributed by atoms with Gasteiger partial charge in [-0.2, -0.15) is 0 Å². The second kappa shape index (κ2) is 7.62. The molecule has 0 fully saturated rings. The minimum absolute atomic E-state index is 0.0488. The van der Waals surface area contributed by atoms with Crippen LogP contribution >= 0.6 is 0 Å². The fourth-order valence-corrected chi connectivity index (χ4v) is 1.25. The third-order valence-corrected chi connectivity index (χ3v) is 2.22. The lowest BCUT2D eigenvalue weighted by Crippen LogP contribution is -2.49. The Kier molecular flexibility index (Phi) is 6.89. The average Bonchev–Trinajstić information content (AvgIpc) is 2.37. The summed E-state index contributed by atoms with van der Waals surface area (Å²) in [5, 5.41) is 0. The first-order chi connectivity index (χ1) is 8.08. The lowest BCUT2D eigenvalue weighted by atomic mass is 9.99. The smallest absolute Gasteiger partial charge is 0.350 e. The van der Waals surface area contributed by atoms with Crippen LogP contribution in [-0.2, 0) is 23.8 Å². The van der Waals surface area contributed by atoms with Gasteiger partial charge in [0.2, 0.25) is 0 Å². The number of carbonyl (C=O) groups excluding carboxylic acids is 2. The average molecular weight is 242 g/mol. The quantitative estimate of drug-likeness (QED) is 0.398. The van der Waals surface area contributed by atoms with E-state index in [1.165, 1.54) is 21.3 Å². The number of hydrogen-bond acceptors (Lipinski definition) is 5. The van der Waals surface area contributed by atoms with E-state index in [9.17, 15) is 9.59 Å². The van der Waals surface area contributed by atoms with Crippen molar-refractivity contribution in [1.29, 1.82) is 0 Å². The highest BCUT2D eigenvalue weighted by Crippen LogP contribution is 2.20. The van der Waals surface area contributed by atoms with Gasteiger partial charge >= 0.3 is 11.9 Å². The fraction of sp³-hybridized carbons (Fsp3) is 0.500. The highest BCUT2D eigenvalue weighted by Gasteiger charge is 2.48. The molecule has 0 heterocycles. The van der Waals surface area contributed by atoms with Crippen LogP contribution in [0.15, 0.2) is 24.3 Å². The van der Waals surface area contributed by atoms with Crippen LogP contribution in [0.5, 0.6) is 0 Å². The van der Waals surface area contributed by atoms with E-state index in [0.29, 0.717) is 0 Å². The molecule has 0 aliphatic rings. The Morgan fingerprint density at radius 3 is 1.94 bits per heavy atom. The highest BCUT2D eigenvalue weighted by atomic mass is 16.6. The fourth-order valence-electron chi connectivity index (χ4n) is 1.25. The monoisotopic (exact) mass is 242 g/mol. The van der Waals surface area contributed by atoms with Gasteiger partial charge < -0.3 is 14.2 Å². The van der Waals surface area contributed by atoms with Gasteiger partial charge in [0.1, 0.15) is 0 Å². The third kappa shape index (κ3) is 3.71. The zero-order chi connectivity index (χ0) is 13.3. The van der Waals surface area contributed by atoms with Crippen LogP contribution in [0, 0.1) is 0 Å². The molecule has 0 amide bonds. The predicted molar refractivity (Wildman–Crippen MR) is 62.3 cm³/mol. The van der Waals surface area contributed by atoms with E-state index in [0.717, 1.165) is 0 Å². The molecule has 0 bridgehead atoms. The molecule has 17 heavy (non-hydrogen) atoms. The molecule has 0 radical (unpaired) electrons. The maximum Gasteiger partial charge on any atom is 0.350 e. The van der Waals surface area contributed by atoms with Crippen molar-refractivity contribution in [3.8, 4) is 0 Å². The van der Waals surface area contributed by atoms with Crippen molar-refractivity contribution in [2.45, 2.75) is 18.9 Å². The maximum absolute atomic E-state index is 11.6. The minimum atomic E-state index is -1.73. The summed E-state index contributed by atoms with van der Waals surface area (Å²) in [7, 11) is 3.64. The number of methoxy groups -OCH3 is 3. The molecule has 0 unspecified atom stereocenters. The normalized spacial score (nSPS) is 12.0. The van der Waals surface area contributed by atoms with Crippen LogP contribution in [0.3, 0.4) is 0 Å². The Bertz CT molecular complexity index is 301. The number of ether oxygens (including phenoxy) is 3. The molecule has 0 N–H and O–H groups in total. The van der Waals surface area contributed by atoms with E-state index in [4.69, 9.17) is 4.74 Å². The van der Waals surface area contributed by atoms with Crippen molar-refractivity contribution in [2.75, 3.05) is 21.3 Å². The summed E-state index contributed by atoms with van der Waals surface area (Å²) in [5.74, 6) is -1.56. The highest BCUT2D eigenvalue weighted by molar-refractivity contribution is 6.03. The molecular formula is C12H18O5. The lowest BCUT2D eigenvalue weighted by Gasteiger charge is -2.25. The number of carbonyl (C=O) groups is 2. The molecule has 0 aromatic heterocycles. The minimum Gasteiger partial charge on any atom is -0.466 e. The van der Waals surface area contributed by atoms with Crippen molar-refractivity contribution in [2.24, 2.45) is 0 Å². The van der Waals surface area contributed by atoms with Gasteiger partial charge in [-0.15, -0.1) is 0 Å². The molecule has 0 aliphatic heterocycles. The number of rotatable bonds is 6. The zero-order valence-corrected chi connectivity index (χ0v) is 10.6. The van der Waals surface area contributed by atoms with Gasteiger partial charge in [-0.1, -0.05) is 24.3 Å². The predicted octanol–water partition coefficient (Wildman–Crippen LogP) is 1.24. The SMILES string of the molecule is C/C=C/C=C\CC(OC)(C(=O)OC)C(=O)OC. The van der Waals surface area contributed by atoms with E-state index in [-0.39, 0.29) is 6.42 Å². The summed E-state index contributed by atoms with van der Waals surface area (Å²) in [4.78, 5) is 23.3. The van der Waals surface area contributed by atoms with E-state index in [1.54, 1.807) is 18.2 Å². The van der Waals surface area contributed by atoms with Crippen LogP contribution in [0.2, 0.25) is 0 Å². The molecular weight excluding hydrogens is 224 g/mol. The summed E-state index contributed by atoms with van der Waals surface area (Å²) in [6.07, 6.45) is 6.99. The number of hydrogen-bond donors (Lipinski definition) is 0. The molecule has 0 spiro atoms. The zero-order valence-electron chi connectivity index (χ0n) is 10.6. The molecule has 0 aromatic carbocycles. The van der Waals surface area contributed by atoms with Crippen LogP contribution < -0.4 is 0 Å². The lowest BCUT2D eigenvalue weighted by molar-refractivity contribution is -0.183. The molecule has 5 heteroatoms. The van der Waals surface area contributed by atoms with E-state index in [1.807, 2.05) is 13.0 Å². The largest absolute Gasteiger partial charge is 0.466 e. The molecule has 0 saturated carbocycles. The Hall–Kier alpha value is -1.62. The van der Waals surface area contributed by atoms with Crippen molar-refractivity contribution in [3.63, 3.8) is 0 Å². The van der Waals surface area contributed by atoms with Crippen molar-refractivity contribution < 1.29 is 23.8 Å². The summed E-state index contributed by atoms with van der Waals surface area (Å²) in [5.41, 5.74) is -1.73. The summed E-state index contributed by atoms with van der Waals surface area (Å²) >= 11 is 0. The van der Waals surface area contributed by atoms with E-state index in [2.05, 4.69) is 9.47 Å². The molecule has 0 atom stereocenters. The number of esters is 2. The summed E-state index contributed by atoms with van der Waals surface area (Å²) in [6, 6.07) is 0. The Morgan fingerprint density at radius 1 is 1.06 bits per heavy atom. The van der Waals surface area contributed by atoms with E-state index >= 15 is 0 Å². The van der Waals surface area contributed by atoms with Gasteiger partial charge in [0, 0.05) is 13.5 Å². The molecule has 0 saturated heterocycles. The molecule has 5 nitrogen and oxygen atoms in total. The maximum atomic E-state index is 11.6. The van der Waals surface area contributed by atoms with E-state index < -0.39 is 17.5 Å².